The number of nitrogens with one attached hydrogen (secondary N) is 1. The molecular formula is C24H17Cl2FN2O5S. The minimum atomic E-state index is -3.88. The van der Waals surface area contributed by atoms with Gasteiger partial charge in [0.2, 0.25) is 15.9 Å². The van der Waals surface area contributed by atoms with E-state index in [0.29, 0.717) is 16.3 Å². The van der Waals surface area contributed by atoms with Crippen LogP contribution in [0.1, 0.15) is 10.4 Å². The molecule has 11 heteroatoms. The number of methoxy groups -OCH3 is 1. The third-order valence-corrected chi connectivity index (χ3v) is 6.18. The summed E-state index contributed by atoms with van der Waals surface area (Å²) in [6, 6.07) is 14.7. The summed E-state index contributed by atoms with van der Waals surface area (Å²) in [5.74, 6) is -1.54. The number of carbonyl (C=O) groups is 1. The molecule has 0 aliphatic carbocycles. The van der Waals surface area contributed by atoms with Gasteiger partial charge in [0.25, 0.3) is 5.91 Å². The van der Waals surface area contributed by atoms with E-state index in [0.717, 1.165) is 29.2 Å². The fraction of sp³-hybridized carbons (Fsp3) is 0.0833. The lowest BCUT2D eigenvalue weighted by Crippen LogP contribution is -2.30. The molecule has 0 spiro atoms. The molecule has 4 aromatic rings. The number of carbonyl (C=O) groups excluding carboxylic acids is 1. The van der Waals surface area contributed by atoms with Crippen LogP contribution in [0, 0.1) is 5.82 Å². The first-order valence-corrected chi connectivity index (χ1v) is 12.6. The second kappa shape index (κ2) is 9.69. The van der Waals surface area contributed by atoms with Gasteiger partial charge in [0, 0.05) is 22.7 Å². The average molecular weight is 535 g/mol. The van der Waals surface area contributed by atoms with Crippen molar-refractivity contribution in [2.75, 3.05) is 13.4 Å². The van der Waals surface area contributed by atoms with Crippen molar-refractivity contribution in [3.63, 3.8) is 0 Å². The molecule has 0 unspecified atom stereocenters. The molecule has 0 fully saturated rings. The van der Waals surface area contributed by atoms with E-state index in [4.69, 9.17) is 32.7 Å². The third-order valence-electron chi connectivity index (χ3n) is 4.96. The van der Waals surface area contributed by atoms with Crippen LogP contribution in [0.5, 0.6) is 17.4 Å². The van der Waals surface area contributed by atoms with Crippen molar-refractivity contribution in [1.29, 1.82) is 0 Å². The maximum Gasteiger partial charge on any atom is 0.267 e. The minimum Gasteiger partial charge on any atom is -0.496 e. The lowest BCUT2D eigenvalue weighted by Gasteiger charge is -2.14. The van der Waals surface area contributed by atoms with Gasteiger partial charge in [-0.05, 0) is 29.7 Å². The first-order valence-electron chi connectivity index (χ1n) is 9.98. The molecule has 1 N–H and O–H groups in total. The molecule has 0 aliphatic rings. The molecule has 7 nitrogen and oxygen atoms in total. The van der Waals surface area contributed by atoms with Crippen LogP contribution in [0.2, 0.25) is 10.0 Å². The molecule has 1 heterocycles. The van der Waals surface area contributed by atoms with Gasteiger partial charge in [-0.15, -0.1) is 0 Å². The predicted molar refractivity (Wildman–Crippen MR) is 133 cm³/mol. The highest BCUT2D eigenvalue weighted by molar-refractivity contribution is 7.89. The molecule has 0 saturated carbocycles. The summed E-state index contributed by atoms with van der Waals surface area (Å²) in [7, 11) is -2.56. The second-order valence-electron chi connectivity index (χ2n) is 7.45. The first kappa shape index (κ1) is 24.7. The van der Waals surface area contributed by atoms with Gasteiger partial charge in [-0.1, -0.05) is 53.5 Å². The van der Waals surface area contributed by atoms with Crippen LogP contribution in [-0.4, -0.2) is 32.7 Å². The van der Waals surface area contributed by atoms with E-state index >= 15 is 0 Å². The zero-order valence-electron chi connectivity index (χ0n) is 18.3. The van der Waals surface area contributed by atoms with E-state index in [1.54, 1.807) is 10.8 Å². The zero-order chi connectivity index (χ0) is 25.3. The number of aromatic nitrogens is 1. The number of hydrogen-bond acceptors (Lipinski definition) is 6. The zero-order valence-corrected chi connectivity index (χ0v) is 20.6. The standard InChI is InChI=1S/C24H17Cl2FN2O5S/c1-33-21-11-17(23(30)29-35(2,31)32)19(27)10-16(21)14-9-18(25)24(28-12-14)34-20-8-7-13-5-3-4-6-15(13)22(20)26/h3-12H,1-2H3,(H,29,30). The smallest absolute Gasteiger partial charge is 0.267 e. The quantitative estimate of drug-likeness (QED) is 0.334. The van der Waals surface area contributed by atoms with Gasteiger partial charge in [-0.2, -0.15) is 0 Å². The Hall–Kier alpha value is -3.40. The fourth-order valence-corrected chi connectivity index (χ4v) is 4.31. The lowest BCUT2D eigenvalue weighted by atomic mass is 10.0. The van der Waals surface area contributed by atoms with Crippen LogP contribution >= 0.6 is 23.2 Å². The fourth-order valence-electron chi connectivity index (χ4n) is 3.39. The number of amides is 1. The second-order valence-corrected chi connectivity index (χ2v) is 9.98. The Morgan fingerprint density at radius 1 is 1.06 bits per heavy atom. The predicted octanol–water partition coefficient (Wildman–Crippen LogP) is 5.84. The topological polar surface area (TPSA) is 94.6 Å². The summed E-state index contributed by atoms with van der Waals surface area (Å²) < 4.78 is 50.2. The van der Waals surface area contributed by atoms with Crippen LogP contribution in [0.4, 0.5) is 4.39 Å². The van der Waals surface area contributed by atoms with Crippen molar-refractivity contribution in [3.05, 3.63) is 82.2 Å². The lowest BCUT2D eigenvalue weighted by molar-refractivity contribution is 0.0977. The number of halogens is 3. The first-order chi connectivity index (χ1) is 16.6. The van der Waals surface area contributed by atoms with Gasteiger partial charge >= 0.3 is 0 Å². The Morgan fingerprint density at radius 3 is 2.49 bits per heavy atom. The van der Waals surface area contributed by atoms with Crippen LogP contribution in [0.25, 0.3) is 21.9 Å². The highest BCUT2D eigenvalue weighted by Crippen LogP contribution is 2.39. The molecule has 0 saturated heterocycles. The number of sulfonamides is 1. The Labute approximate surface area is 210 Å². The molecule has 1 amide bonds. The van der Waals surface area contributed by atoms with Gasteiger partial charge in [-0.25, -0.2) is 22.5 Å². The van der Waals surface area contributed by atoms with Gasteiger partial charge in [0.05, 0.1) is 24.0 Å². The number of ether oxygens (including phenoxy) is 2. The molecule has 0 aliphatic heterocycles. The number of pyridine rings is 1. The van der Waals surface area contributed by atoms with Crippen molar-refractivity contribution in [3.8, 4) is 28.5 Å². The van der Waals surface area contributed by atoms with E-state index in [2.05, 4.69) is 4.98 Å². The molecule has 35 heavy (non-hydrogen) atoms. The molecule has 1 aromatic heterocycles. The molecule has 0 atom stereocenters. The van der Waals surface area contributed by atoms with Crippen molar-refractivity contribution in [2.45, 2.75) is 0 Å². The number of rotatable bonds is 6. The Kier molecular flexibility index (Phi) is 6.84. The number of hydrogen-bond donors (Lipinski definition) is 1. The summed E-state index contributed by atoms with van der Waals surface area (Å²) in [6.07, 6.45) is 2.18. The molecule has 3 aromatic carbocycles. The number of fused-ring (bicyclic) bond motifs is 1. The van der Waals surface area contributed by atoms with E-state index in [1.807, 2.05) is 30.3 Å². The Balaban J connectivity index is 1.67. The van der Waals surface area contributed by atoms with Crippen LogP contribution in [0.3, 0.4) is 0 Å². The summed E-state index contributed by atoms with van der Waals surface area (Å²) in [6.45, 7) is 0. The maximum atomic E-state index is 14.7. The molecule has 180 valence electrons. The van der Waals surface area contributed by atoms with E-state index in [-0.39, 0.29) is 22.2 Å². The van der Waals surface area contributed by atoms with Gasteiger partial charge in [0.1, 0.15) is 22.3 Å². The summed E-state index contributed by atoms with van der Waals surface area (Å²) in [5.41, 5.74) is 0.115. The number of benzene rings is 3. The van der Waals surface area contributed by atoms with Crippen LogP contribution in [0.15, 0.2) is 60.8 Å². The van der Waals surface area contributed by atoms with Gasteiger partial charge in [0.15, 0.2) is 0 Å². The monoisotopic (exact) mass is 534 g/mol. The largest absolute Gasteiger partial charge is 0.496 e. The summed E-state index contributed by atoms with van der Waals surface area (Å²) in [5, 5.41) is 2.27. The molecule has 4 rings (SSSR count). The summed E-state index contributed by atoms with van der Waals surface area (Å²) in [4.78, 5) is 16.4. The average Bonchev–Trinajstić information content (AvgIpc) is 2.80. The van der Waals surface area contributed by atoms with Crippen LogP contribution in [-0.2, 0) is 10.0 Å². The van der Waals surface area contributed by atoms with Crippen molar-refractivity contribution in [1.82, 2.24) is 9.71 Å². The highest BCUT2D eigenvalue weighted by atomic mass is 35.5. The van der Waals surface area contributed by atoms with Crippen molar-refractivity contribution < 1.29 is 27.1 Å². The molecular weight excluding hydrogens is 518 g/mol. The SMILES string of the molecule is COc1cc(C(=O)NS(C)(=O)=O)c(F)cc1-c1cnc(Oc2ccc3ccccc3c2Cl)c(Cl)c1. The summed E-state index contributed by atoms with van der Waals surface area (Å²) >= 11 is 12.9. The van der Waals surface area contributed by atoms with Crippen LogP contribution < -0.4 is 14.2 Å². The third kappa shape index (κ3) is 5.32. The Morgan fingerprint density at radius 2 is 1.80 bits per heavy atom. The van der Waals surface area contributed by atoms with Crippen molar-refractivity contribution in [2.24, 2.45) is 0 Å². The highest BCUT2D eigenvalue weighted by Gasteiger charge is 2.21. The van der Waals surface area contributed by atoms with Gasteiger partial charge in [-0.3, -0.25) is 4.79 Å². The van der Waals surface area contributed by atoms with E-state index in [1.165, 1.54) is 19.4 Å². The van der Waals surface area contributed by atoms with E-state index in [9.17, 15) is 17.6 Å². The van der Waals surface area contributed by atoms with Gasteiger partial charge < -0.3 is 9.47 Å². The molecule has 0 bridgehead atoms. The normalized spacial score (nSPS) is 11.3. The molecule has 0 radical (unpaired) electrons. The minimum absolute atomic E-state index is 0.0798. The number of nitrogens with zero attached hydrogens (tertiary/aromatic N) is 1. The van der Waals surface area contributed by atoms with Crippen molar-refractivity contribution >= 4 is 49.9 Å². The maximum absolute atomic E-state index is 14.7. The van der Waals surface area contributed by atoms with E-state index < -0.39 is 27.3 Å². The Bertz CT molecular complexity index is 1580.